The molecule has 3 amide bonds. The van der Waals surface area contributed by atoms with Crippen LogP contribution in [-0.2, 0) is 11.2 Å². The van der Waals surface area contributed by atoms with Crippen LogP contribution < -0.4 is 14.8 Å². The topological polar surface area (TPSA) is 117 Å². The summed E-state index contributed by atoms with van der Waals surface area (Å²) in [4.78, 5) is 36.2. The van der Waals surface area contributed by atoms with Gasteiger partial charge in [-0.05, 0) is 76.2 Å². The summed E-state index contributed by atoms with van der Waals surface area (Å²) in [6.45, 7) is 0.0835. The van der Waals surface area contributed by atoms with E-state index in [-0.39, 0.29) is 19.1 Å². The van der Waals surface area contributed by atoms with Gasteiger partial charge in [0, 0.05) is 9.99 Å². The van der Waals surface area contributed by atoms with Crippen molar-refractivity contribution in [3.63, 3.8) is 0 Å². The van der Waals surface area contributed by atoms with Gasteiger partial charge in [0.05, 0.1) is 24.8 Å². The average molecular weight is 612 g/mol. The monoisotopic (exact) mass is 612 g/mol. The average Bonchev–Trinajstić information content (AvgIpc) is 3.46. The summed E-state index contributed by atoms with van der Waals surface area (Å²) in [6.07, 6.45) is 0.376. The largest absolute Gasteiger partial charge is 0.497 e. The van der Waals surface area contributed by atoms with Crippen LogP contribution in [0.15, 0.2) is 66.7 Å². The van der Waals surface area contributed by atoms with E-state index in [0.717, 1.165) is 25.9 Å². The van der Waals surface area contributed by atoms with Crippen LogP contribution in [0.25, 0.3) is 11.0 Å². The second kappa shape index (κ2) is 10.8. The zero-order valence-electron chi connectivity index (χ0n) is 20.0. The molecule has 5 rings (SSSR count). The predicted molar refractivity (Wildman–Crippen MR) is 145 cm³/mol. The molecular formula is C27H25IN4O5. The number of amides is 3. The van der Waals surface area contributed by atoms with E-state index >= 15 is 0 Å². The minimum Gasteiger partial charge on any atom is -0.497 e. The van der Waals surface area contributed by atoms with E-state index in [1.165, 1.54) is 4.90 Å². The lowest BCUT2D eigenvalue weighted by Gasteiger charge is -2.24. The number of fused-ring (bicyclic) bond motifs is 1. The minimum atomic E-state index is -0.830. The molecule has 2 atom stereocenters. The first-order valence-electron chi connectivity index (χ1n) is 11.7. The van der Waals surface area contributed by atoms with Gasteiger partial charge in [-0.3, -0.25) is 9.69 Å². The summed E-state index contributed by atoms with van der Waals surface area (Å²) in [5.41, 5.74) is 3.16. The standard InChI is InChI=1S/C27H25IN4O5/c1-36-19-7-2-16(3-8-19)14-23(25-29-21-11-6-18(28)15-22(21)30-25)32-26(34)24(31-27(32)35)17-4-9-20(10-5-17)37-13-12-33/h2-11,15,23-24,33H,12-14H2,1H3,(H,29,30)(H,31,35)/t23-,24+/m1/s1. The molecule has 0 saturated carbocycles. The van der Waals surface area contributed by atoms with E-state index in [9.17, 15) is 9.59 Å². The van der Waals surface area contributed by atoms with Crippen LogP contribution in [0.5, 0.6) is 11.5 Å². The number of nitrogens with one attached hydrogen (secondary N) is 2. The molecule has 190 valence electrons. The Morgan fingerprint density at radius 2 is 1.78 bits per heavy atom. The van der Waals surface area contributed by atoms with Gasteiger partial charge in [-0.15, -0.1) is 0 Å². The van der Waals surface area contributed by atoms with Crippen LogP contribution in [0.4, 0.5) is 4.79 Å². The van der Waals surface area contributed by atoms with Gasteiger partial charge < -0.3 is 24.9 Å². The first kappa shape index (κ1) is 25.0. The first-order valence-corrected chi connectivity index (χ1v) is 12.8. The van der Waals surface area contributed by atoms with Gasteiger partial charge >= 0.3 is 6.03 Å². The van der Waals surface area contributed by atoms with E-state index in [2.05, 4.69) is 32.9 Å². The first-order chi connectivity index (χ1) is 18.0. The van der Waals surface area contributed by atoms with Crippen LogP contribution in [-0.4, -0.2) is 52.2 Å². The Bertz CT molecular complexity index is 1420. The van der Waals surface area contributed by atoms with Gasteiger partial charge in [-0.25, -0.2) is 9.78 Å². The van der Waals surface area contributed by atoms with Crippen LogP contribution in [0.3, 0.4) is 0 Å². The fraction of sp³-hybridized carbons (Fsp3) is 0.222. The SMILES string of the molecule is COc1ccc(C[C@H](c2nc3ccc(I)cc3[nH]2)N2C(=O)N[C@@H](c3ccc(OCCO)cc3)C2=O)cc1. The third-order valence-electron chi connectivity index (χ3n) is 6.22. The summed E-state index contributed by atoms with van der Waals surface area (Å²) in [5.74, 6) is 1.47. The molecule has 1 saturated heterocycles. The Balaban J connectivity index is 1.48. The van der Waals surface area contributed by atoms with Gasteiger partial charge in [-0.1, -0.05) is 24.3 Å². The maximum Gasteiger partial charge on any atom is 0.325 e. The number of hydrogen-bond acceptors (Lipinski definition) is 6. The Morgan fingerprint density at radius 1 is 1.05 bits per heavy atom. The summed E-state index contributed by atoms with van der Waals surface area (Å²) in [5, 5.41) is 11.8. The number of halogens is 1. The van der Waals surface area contributed by atoms with Gasteiger partial charge in [0.25, 0.3) is 5.91 Å². The Labute approximate surface area is 226 Å². The number of rotatable bonds is 9. The van der Waals surface area contributed by atoms with Gasteiger partial charge in [0.2, 0.25) is 0 Å². The molecule has 3 N–H and O–H groups in total. The number of imide groups is 1. The van der Waals surface area contributed by atoms with Crippen molar-refractivity contribution >= 4 is 45.6 Å². The number of H-pyrrole nitrogens is 1. The number of aliphatic hydroxyl groups excluding tert-OH is 1. The number of carbonyl (C=O) groups excluding carboxylic acids is 2. The number of aromatic amines is 1. The molecular weight excluding hydrogens is 587 g/mol. The molecule has 9 nitrogen and oxygen atoms in total. The molecule has 0 unspecified atom stereocenters. The highest BCUT2D eigenvalue weighted by Crippen LogP contribution is 2.33. The number of methoxy groups -OCH3 is 1. The minimum absolute atomic E-state index is 0.0929. The maximum absolute atomic E-state index is 13.7. The maximum atomic E-state index is 13.7. The second-order valence-electron chi connectivity index (χ2n) is 8.58. The summed E-state index contributed by atoms with van der Waals surface area (Å²) >= 11 is 2.23. The Morgan fingerprint density at radius 3 is 2.49 bits per heavy atom. The van der Waals surface area contributed by atoms with Crippen LogP contribution in [0.2, 0.25) is 0 Å². The van der Waals surface area contributed by atoms with Crippen molar-refractivity contribution in [3.8, 4) is 11.5 Å². The van der Waals surface area contributed by atoms with Crippen molar-refractivity contribution in [2.75, 3.05) is 20.3 Å². The quantitative estimate of drug-likeness (QED) is 0.194. The number of urea groups is 1. The zero-order valence-corrected chi connectivity index (χ0v) is 22.1. The van der Waals surface area contributed by atoms with E-state index in [0.29, 0.717) is 23.6 Å². The van der Waals surface area contributed by atoms with Crippen LogP contribution in [0, 0.1) is 3.57 Å². The van der Waals surface area contributed by atoms with Gasteiger partial charge in [-0.2, -0.15) is 0 Å². The molecule has 0 bridgehead atoms. The van der Waals surface area contributed by atoms with E-state index in [1.54, 1.807) is 31.4 Å². The molecule has 1 aromatic heterocycles. The van der Waals surface area contributed by atoms with E-state index < -0.39 is 18.1 Å². The molecule has 37 heavy (non-hydrogen) atoms. The highest BCUT2D eigenvalue weighted by Gasteiger charge is 2.44. The normalized spacial score (nSPS) is 16.2. The zero-order chi connectivity index (χ0) is 25.9. The third-order valence-corrected chi connectivity index (χ3v) is 6.89. The van der Waals surface area contributed by atoms with Gasteiger partial charge in [0.1, 0.15) is 36.0 Å². The van der Waals surface area contributed by atoms with Crippen LogP contribution in [0.1, 0.15) is 29.0 Å². The fourth-order valence-corrected chi connectivity index (χ4v) is 4.88. The van der Waals surface area contributed by atoms with Crippen molar-refractivity contribution < 1.29 is 24.2 Å². The Kier molecular flexibility index (Phi) is 7.28. The molecule has 2 heterocycles. The number of benzene rings is 3. The molecule has 10 heteroatoms. The molecule has 1 fully saturated rings. The van der Waals surface area contributed by atoms with Crippen molar-refractivity contribution in [1.29, 1.82) is 0 Å². The molecule has 1 aliphatic heterocycles. The summed E-state index contributed by atoms with van der Waals surface area (Å²) < 4.78 is 11.7. The van der Waals surface area contributed by atoms with Crippen molar-refractivity contribution in [3.05, 3.63) is 87.3 Å². The van der Waals surface area contributed by atoms with Crippen LogP contribution >= 0.6 is 22.6 Å². The molecule has 1 aliphatic rings. The van der Waals surface area contributed by atoms with E-state index in [4.69, 9.17) is 19.6 Å². The molecule has 3 aromatic carbocycles. The second-order valence-corrected chi connectivity index (χ2v) is 9.83. The fourth-order valence-electron chi connectivity index (χ4n) is 4.39. The third kappa shape index (κ3) is 5.25. The van der Waals surface area contributed by atoms with Crippen molar-refractivity contribution in [1.82, 2.24) is 20.2 Å². The number of aliphatic hydroxyl groups is 1. The molecule has 4 aromatic rings. The molecule has 0 radical (unpaired) electrons. The predicted octanol–water partition coefficient (Wildman–Crippen LogP) is 4.12. The number of imidazole rings is 1. The number of aromatic nitrogens is 2. The lowest BCUT2D eigenvalue weighted by atomic mass is 10.0. The number of carbonyl (C=O) groups is 2. The number of nitrogens with zero attached hydrogens (tertiary/aromatic N) is 2. The summed E-state index contributed by atoms with van der Waals surface area (Å²) in [6, 6.07) is 18.3. The molecule has 0 aliphatic carbocycles. The smallest absolute Gasteiger partial charge is 0.325 e. The lowest BCUT2D eigenvalue weighted by molar-refractivity contribution is -0.129. The Hall–Kier alpha value is -3.64. The summed E-state index contributed by atoms with van der Waals surface area (Å²) in [7, 11) is 1.60. The lowest BCUT2D eigenvalue weighted by Crippen LogP contribution is -2.36. The number of hydrogen-bond donors (Lipinski definition) is 3. The highest BCUT2D eigenvalue weighted by atomic mass is 127. The van der Waals surface area contributed by atoms with Crippen molar-refractivity contribution in [2.45, 2.75) is 18.5 Å². The van der Waals surface area contributed by atoms with Crippen molar-refractivity contribution in [2.24, 2.45) is 0 Å². The van der Waals surface area contributed by atoms with Gasteiger partial charge in [0.15, 0.2) is 0 Å². The molecule has 0 spiro atoms. The number of ether oxygens (including phenoxy) is 2. The van der Waals surface area contributed by atoms with E-state index in [1.807, 2.05) is 42.5 Å². The highest BCUT2D eigenvalue weighted by molar-refractivity contribution is 14.1.